The molecule has 4 aliphatic rings. The number of halogens is 2. The van der Waals surface area contributed by atoms with E-state index in [1.807, 2.05) is 4.90 Å². The van der Waals surface area contributed by atoms with E-state index in [4.69, 9.17) is 0 Å². The third kappa shape index (κ3) is 2.59. The maximum atomic E-state index is 14.5. The molecular weight excluding hydrogens is 426 g/mol. The van der Waals surface area contributed by atoms with Gasteiger partial charge in [-0.05, 0) is 68.1 Å². The molecule has 2 aromatic carbocycles. The van der Waals surface area contributed by atoms with Crippen molar-refractivity contribution in [2.24, 2.45) is 0 Å². The predicted octanol–water partition coefficient (Wildman–Crippen LogP) is 4.69. The van der Waals surface area contributed by atoms with Crippen LogP contribution < -0.4 is 10.2 Å². The summed E-state index contributed by atoms with van der Waals surface area (Å²) < 4.78 is 28.2. The van der Waals surface area contributed by atoms with E-state index in [2.05, 4.69) is 5.32 Å². The Kier molecular flexibility index (Phi) is 4.21. The van der Waals surface area contributed by atoms with Gasteiger partial charge >= 0.3 is 0 Å². The molecule has 0 saturated carbocycles. The molecule has 0 fully saturated rings. The van der Waals surface area contributed by atoms with Gasteiger partial charge in [-0.15, -0.1) is 0 Å². The van der Waals surface area contributed by atoms with Crippen LogP contribution in [0, 0.1) is 11.6 Å². The number of hydrogen-bond acceptors (Lipinski definition) is 4. The summed E-state index contributed by atoms with van der Waals surface area (Å²) in [7, 11) is 0. The van der Waals surface area contributed by atoms with Crippen LogP contribution in [0.1, 0.15) is 44.1 Å². The van der Waals surface area contributed by atoms with Crippen LogP contribution in [0.5, 0.6) is 0 Å². The van der Waals surface area contributed by atoms with E-state index in [1.54, 1.807) is 12.1 Å². The van der Waals surface area contributed by atoms with Gasteiger partial charge in [0.15, 0.2) is 11.6 Å². The Hall–Kier alpha value is -3.61. The molecule has 2 aliphatic heterocycles. The third-order valence-electron chi connectivity index (χ3n) is 7.12. The molecule has 1 N–H and O–H groups in total. The van der Waals surface area contributed by atoms with Gasteiger partial charge in [0.05, 0.1) is 0 Å². The highest BCUT2D eigenvalue weighted by atomic mass is 19.1. The van der Waals surface area contributed by atoms with Crippen LogP contribution in [-0.4, -0.2) is 17.5 Å². The molecule has 2 aliphatic carbocycles. The Morgan fingerprint density at radius 2 is 1.33 bits per heavy atom. The second-order valence-corrected chi connectivity index (χ2v) is 8.90. The summed E-state index contributed by atoms with van der Waals surface area (Å²) >= 11 is 0. The zero-order chi connectivity index (χ0) is 22.9. The molecule has 1 spiro atoms. The van der Waals surface area contributed by atoms with Crippen molar-refractivity contribution in [3.8, 4) is 0 Å². The lowest BCUT2D eigenvalue weighted by Crippen LogP contribution is -2.52. The maximum absolute atomic E-state index is 14.5. The summed E-state index contributed by atoms with van der Waals surface area (Å²) in [5.74, 6) is -1.87. The Balaban J connectivity index is 1.74. The monoisotopic (exact) mass is 446 g/mol. The third-order valence-corrected chi connectivity index (χ3v) is 7.12. The molecule has 33 heavy (non-hydrogen) atoms. The number of amides is 1. The van der Waals surface area contributed by atoms with Crippen LogP contribution in [0.4, 0.5) is 20.2 Å². The number of fused-ring (bicyclic) bond motifs is 4. The Bertz CT molecular complexity index is 1280. The highest BCUT2D eigenvalue weighted by Gasteiger charge is 2.61. The van der Waals surface area contributed by atoms with Crippen molar-refractivity contribution in [1.29, 1.82) is 0 Å². The van der Waals surface area contributed by atoms with Crippen LogP contribution in [0.3, 0.4) is 0 Å². The lowest BCUT2D eigenvalue weighted by atomic mass is 9.60. The van der Waals surface area contributed by atoms with Crippen LogP contribution in [0.15, 0.2) is 65.0 Å². The Morgan fingerprint density at radius 3 is 1.94 bits per heavy atom. The largest absolute Gasteiger partial charge is 0.324 e. The first-order valence-electron chi connectivity index (χ1n) is 11.1. The Morgan fingerprint density at radius 1 is 0.758 bits per heavy atom. The molecular formula is C26H20F2N2O3. The molecule has 0 radical (unpaired) electrons. The molecule has 5 nitrogen and oxygen atoms in total. The van der Waals surface area contributed by atoms with Gasteiger partial charge in [-0.2, -0.15) is 0 Å². The number of anilines is 2. The first-order valence-corrected chi connectivity index (χ1v) is 11.1. The van der Waals surface area contributed by atoms with E-state index < -0.39 is 23.0 Å². The first kappa shape index (κ1) is 20.0. The van der Waals surface area contributed by atoms with Gasteiger partial charge in [0.2, 0.25) is 5.91 Å². The van der Waals surface area contributed by atoms with Gasteiger partial charge < -0.3 is 10.2 Å². The summed E-state index contributed by atoms with van der Waals surface area (Å²) in [6.45, 7) is 0. The summed E-state index contributed by atoms with van der Waals surface area (Å²) in [4.78, 5) is 42.6. The minimum Gasteiger partial charge on any atom is -0.324 e. The van der Waals surface area contributed by atoms with Crippen LogP contribution in [-0.2, 0) is 19.8 Å². The number of carbonyl (C=O) groups excluding carboxylic acids is 3. The fraction of sp³-hybridized carbons (Fsp3) is 0.269. The molecule has 0 unspecified atom stereocenters. The van der Waals surface area contributed by atoms with Crippen molar-refractivity contribution in [2.75, 3.05) is 10.2 Å². The number of hydrogen-bond donors (Lipinski definition) is 1. The zero-order valence-corrected chi connectivity index (χ0v) is 17.7. The van der Waals surface area contributed by atoms with Gasteiger partial charge in [-0.25, -0.2) is 8.78 Å². The normalized spacial score (nSPS) is 21.3. The van der Waals surface area contributed by atoms with E-state index >= 15 is 0 Å². The molecule has 0 saturated heterocycles. The second-order valence-electron chi connectivity index (χ2n) is 8.90. The van der Waals surface area contributed by atoms with Crippen molar-refractivity contribution in [2.45, 2.75) is 43.9 Å². The lowest BCUT2D eigenvalue weighted by Gasteiger charge is -2.47. The van der Waals surface area contributed by atoms with Crippen molar-refractivity contribution < 1.29 is 23.2 Å². The summed E-state index contributed by atoms with van der Waals surface area (Å²) in [6, 6.07) is 9.89. The minimum absolute atomic E-state index is 0.222. The number of nitrogens with one attached hydrogen (secondary N) is 1. The van der Waals surface area contributed by atoms with Crippen molar-refractivity contribution in [1.82, 2.24) is 0 Å². The van der Waals surface area contributed by atoms with Crippen LogP contribution >= 0.6 is 0 Å². The molecule has 6 rings (SSSR count). The SMILES string of the molecule is O=C1CCCC2=C1C1(C(=O)Nc3ccc(F)cc31)C1=C(CCCC1=O)N2c1ccc(F)cc1. The van der Waals surface area contributed by atoms with Crippen LogP contribution in [0.2, 0.25) is 0 Å². The number of rotatable bonds is 1. The van der Waals surface area contributed by atoms with E-state index in [-0.39, 0.29) is 35.6 Å². The Labute approximate surface area is 188 Å². The van der Waals surface area contributed by atoms with E-state index in [9.17, 15) is 23.2 Å². The first-order chi connectivity index (χ1) is 15.9. The highest BCUT2D eigenvalue weighted by Crippen LogP contribution is 2.57. The topological polar surface area (TPSA) is 66.5 Å². The quantitative estimate of drug-likeness (QED) is 0.690. The molecule has 0 atom stereocenters. The van der Waals surface area contributed by atoms with Gasteiger partial charge in [0.1, 0.15) is 17.0 Å². The number of nitrogens with zero attached hydrogens (tertiary/aromatic N) is 1. The zero-order valence-electron chi connectivity index (χ0n) is 17.7. The number of ketones is 2. The molecule has 2 heterocycles. The minimum atomic E-state index is -1.66. The average molecular weight is 446 g/mol. The molecule has 1 amide bonds. The van der Waals surface area contributed by atoms with E-state index in [1.165, 1.54) is 30.3 Å². The van der Waals surface area contributed by atoms with Crippen LogP contribution in [0.25, 0.3) is 0 Å². The number of allylic oxidation sites excluding steroid dienone is 2. The molecule has 2 aromatic rings. The molecule has 166 valence electrons. The standard InChI is InChI=1S/C26H20F2N2O3/c27-14-7-10-16(11-8-14)30-19-3-1-5-21(31)23(19)26(24-20(30)4-2-6-22(24)32)17-13-15(28)9-12-18(17)29-25(26)33/h7-13H,1-6H2,(H,29,33). The number of carbonyl (C=O) groups is 3. The van der Waals surface area contributed by atoms with Crippen molar-refractivity contribution in [3.05, 3.63) is 82.2 Å². The smallest absolute Gasteiger partial charge is 0.244 e. The van der Waals surface area contributed by atoms with Gasteiger partial charge in [0, 0.05) is 52.3 Å². The van der Waals surface area contributed by atoms with E-state index in [0.29, 0.717) is 54.0 Å². The van der Waals surface area contributed by atoms with Gasteiger partial charge in [-0.3, -0.25) is 14.4 Å². The summed E-state index contributed by atoms with van der Waals surface area (Å²) in [5.41, 5.74) is 1.46. The number of Topliss-reactive ketones (excluding diaryl/α,β-unsaturated/α-hetero) is 2. The maximum Gasteiger partial charge on any atom is 0.244 e. The van der Waals surface area contributed by atoms with Gasteiger partial charge in [-0.1, -0.05) is 0 Å². The predicted molar refractivity (Wildman–Crippen MR) is 117 cm³/mol. The van der Waals surface area contributed by atoms with Gasteiger partial charge in [0.25, 0.3) is 0 Å². The molecule has 0 aromatic heterocycles. The molecule has 0 bridgehead atoms. The summed E-state index contributed by atoms with van der Waals surface area (Å²) in [5, 5.41) is 2.81. The van der Waals surface area contributed by atoms with Crippen molar-refractivity contribution >= 4 is 28.8 Å². The highest BCUT2D eigenvalue weighted by molar-refractivity contribution is 6.24. The fourth-order valence-electron chi connectivity index (χ4n) is 5.91. The average Bonchev–Trinajstić information content (AvgIpc) is 3.07. The van der Waals surface area contributed by atoms with Crippen molar-refractivity contribution in [3.63, 3.8) is 0 Å². The summed E-state index contributed by atoms with van der Waals surface area (Å²) in [6.07, 6.45) is 2.71. The second kappa shape index (κ2) is 6.94. The lowest BCUT2D eigenvalue weighted by molar-refractivity contribution is -0.125. The number of benzene rings is 2. The fourth-order valence-corrected chi connectivity index (χ4v) is 5.91. The molecule has 7 heteroatoms. The van der Waals surface area contributed by atoms with E-state index in [0.717, 1.165) is 0 Å².